The van der Waals surface area contributed by atoms with Gasteiger partial charge in [-0.15, -0.1) is 0 Å². The third kappa shape index (κ3) is 3.16. The fourth-order valence-electron chi connectivity index (χ4n) is 3.66. The SMILES string of the molecule is Cc1nc2ncc(C3=CCc4nc(/C=C\C(F)F)ccc43)cc2n1C(C)C.[HH]. The molecule has 0 N–H and O–H groups in total. The summed E-state index contributed by atoms with van der Waals surface area (Å²) >= 11 is 0. The van der Waals surface area contributed by atoms with Crippen molar-refractivity contribution < 1.29 is 10.2 Å². The van der Waals surface area contributed by atoms with Crippen molar-refractivity contribution in [1.82, 2.24) is 19.5 Å². The van der Waals surface area contributed by atoms with E-state index in [0.717, 1.165) is 45.5 Å². The lowest BCUT2D eigenvalue weighted by atomic mass is 10.0. The molecule has 0 unspecified atom stereocenters. The summed E-state index contributed by atoms with van der Waals surface area (Å²) in [6, 6.07) is 6.13. The van der Waals surface area contributed by atoms with Gasteiger partial charge in [0.1, 0.15) is 5.82 Å². The number of imidazole rings is 1. The number of fused-ring (bicyclic) bond motifs is 2. The van der Waals surface area contributed by atoms with Gasteiger partial charge in [0.05, 0.1) is 16.9 Å². The number of halogens is 2. The summed E-state index contributed by atoms with van der Waals surface area (Å²) < 4.78 is 26.9. The van der Waals surface area contributed by atoms with E-state index in [1.54, 1.807) is 6.07 Å². The minimum Gasteiger partial charge on any atom is -0.324 e. The first-order valence-corrected chi connectivity index (χ1v) is 8.96. The number of rotatable bonds is 4. The first-order chi connectivity index (χ1) is 12.9. The van der Waals surface area contributed by atoms with Crippen molar-refractivity contribution in [3.63, 3.8) is 0 Å². The molecule has 6 heteroatoms. The maximum Gasteiger partial charge on any atom is 0.257 e. The fourth-order valence-corrected chi connectivity index (χ4v) is 3.66. The predicted molar refractivity (Wildman–Crippen MR) is 105 cm³/mol. The number of hydrogen-bond acceptors (Lipinski definition) is 3. The van der Waals surface area contributed by atoms with E-state index in [2.05, 4.69) is 45.5 Å². The molecule has 0 radical (unpaired) electrons. The Morgan fingerprint density at radius 3 is 2.78 bits per heavy atom. The average molecular weight is 368 g/mol. The van der Waals surface area contributed by atoms with E-state index in [9.17, 15) is 8.78 Å². The van der Waals surface area contributed by atoms with Gasteiger partial charge in [-0.3, -0.25) is 4.98 Å². The summed E-state index contributed by atoms with van der Waals surface area (Å²) in [7, 11) is 0. The van der Waals surface area contributed by atoms with E-state index in [1.165, 1.54) is 6.08 Å². The number of hydrogen-bond donors (Lipinski definition) is 0. The topological polar surface area (TPSA) is 43.6 Å². The Hall–Kier alpha value is -2.89. The molecule has 0 spiro atoms. The van der Waals surface area contributed by atoms with Gasteiger partial charge < -0.3 is 4.57 Å². The summed E-state index contributed by atoms with van der Waals surface area (Å²) in [4.78, 5) is 13.6. The van der Waals surface area contributed by atoms with Crippen LogP contribution in [0.1, 0.15) is 49.7 Å². The molecule has 0 fully saturated rings. The zero-order chi connectivity index (χ0) is 19.1. The molecule has 0 aliphatic heterocycles. The van der Waals surface area contributed by atoms with Crippen molar-refractivity contribution in [3.8, 4) is 0 Å². The molecule has 0 saturated heterocycles. The summed E-state index contributed by atoms with van der Waals surface area (Å²) in [5.74, 6) is 0.947. The molecular weight excluding hydrogens is 346 g/mol. The van der Waals surface area contributed by atoms with Crippen LogP contribution in [-0.4, -0.2) is 25.9 Å². The Balaban J connectivity index is 0.00000225. The molecule has 0 atom stereocenters. The van der Waals surface area contributed by atoms with Gasteiger partial charge in [-0.25, -0.2) is 18.7 Å². The minimum absolute atomic E-state index is 0. The van der Waals surface area contributed by atoms with Gasteiger partial charge in [0.2, 0.25) is 0 Å². The van der Waals surface area contributed by atoms with Gasteiger partial charge >= 0.3 is 0 Å². The number of aryl methyl sites for hydroxylation is 1. The standard InChI is InChI=1S/C21H20F2N4.H2/c1-12(2)27-13(3)25-21-19(27)10-14(11-24-21)16-7-8-18-17(16)6-4-15(26-18)5-9-20(22)23;/h4-7,9-12,20H,8H2,1-3H3;1H/b9-5-;. The second kappa shape index (κ2) is 6.68. The molecule has 1 aliphatic rings. The molecule has 0 saturated carbocycles. The molecule has 140 valence electrons. The molecule has 1 aliphatic carbocycles. The molecule has 3 aromatic heterocycles. The molecule has 3 aromatic rings. The number of pyridine rings is 2. The van der Waals surface area contributed by atoms with Crippen LogP contribution < -0.4 is 0 Å². The quantitative estimate of drug-likeness (QED) is 0.633. The lowest BCUT2D eigenvalue weighted by molar-refractivity contribution is 0.205. The minimum atomic E-state index is -2.47. The Bertz CT molecular complexity index is 1080. The number of nitrogens with zero attached hydrogens (tertiary/aromatic N) is 4. The normalized spacial score (nSPS) is 14.0. The molecular formula is C21H22F2N4. The number of alkyl halides is 2. The Kier molecular flexibility index (Phi) is 4.34. The summed E-state index contributed by atoms with van der Waals surface area (Å²) in [5.41, 5.74) is 6.32. The van der Waals surface area contributed by atoms with Crippen molar-refractivity contribution >= 4 is 22.8 Å². The smallest absolute Gasteiger partial charge is 0.257 e. The third-order valence-corrected chi connectivity index (χ3v) is 4.75. The highest BCUT2D eigenvalue weighted by atomic mass is 19.3. The van der Waals surface area contributed by atoms with Gasteiger partial charge in [0.15, 0.2) is 5.65 Å². The second-order valence-corrected chi connectivity index (χ2v) is 6.94. The van der Waals surface area contributed by atoms with Crippen molar-refractivity contribution in [2.24, 2.45) is 0 Å². The van der Waals surface area contributed by atoms with Crippen LogP contribution in [0.5, 0.6) is 0 Å². The third-order valence-electron chi connectivity index (χ3n) is 4.75. The van der Waals surface area contributed by atoms with E-state index in [-0.39, 0.29) is 1.43 Å². The monoisotopic (exact) mass is 368 g/mol. The average Bonchev–Trinajstić information content (AvgIpc) is 3.18. The fraction of sp³-hybridized carbons (Fsp3) is 0.286. The number of allylic oxidation sites excluding steroid dienone is 2. The van der Waals surface area contributed by atoms with Crippen LogP contribution in [0.15, 0.2) is 36.5 Å². The molecule has 0 bridgehead atoms. The maximum atomic E-state index is 12.4. The first-order valence-electron chi connectivity index (χ1n) is 8.96. The van der Waals surface area contributed by atoms with E-state index >= 15 is 0 Å². The Labute approximate surface area is 157 Å². The maximum absolute atomic E-state index is 12.4. The van der Waals surface area contributed by atoms with E-state index in [0.29, 0.717) is 18.2 Å². The molecule has 0 aromatic carbocycles. The van der Waals surface area contributed by atoms with E-state index in [4.69, 9.17) is 0 Å². The largest absolute Gasteiger partial charge is 0.324 e. The van der Waals surface area contributed by atoms with Crippen molar-refractivity contribution in [2.45, 2.75) is 39.7 Å². The van der Waals surface area contributed by atoms with Crippen molar-refractivity contribution in [3.05, 3.63) is 64.9 Å². The lowest BCUT2D eigenvalue weighted by Gasteiger charge is -2.11. The Morgan fingerprint density at radius 1 is 1.22 bits per heavy atom. The second-order valence-electron chi connectivity index (χ2n) is 6.94. The number of aromatic nitrogens is 4. The van der Waals surface area contributed by atoms with Gasteiger partial charge in [-0.2, -0.15) is 0 Å². The molecule has 4 nitrogen and oxygen atoms in total. The zero-order valence-corrected chi connectivity index (χ0v) is 15.4. The van der Waals surface area contributed by atoms with E-state index in [1.807, 2.05) is 19.2 Å². The van der Waals surface area contributed by atoms with Crippen LogP contribution in [0.4, 0.5) is 8.78 Å². The van der Waals surface area contributed by atoms with Gasteiger partial charge in [-0.1, -0.05) is 12.1 Å². The summed E-state index contributed by atoms with van der Waals surface area (Å²) in [6.07, 6.45) is 4.38. The van der Waals surface area contributed by atoms with Crippen LogP contribution in [0.2, 0.25) is 0 Å². The van der Waals surface area contributed by atoms with Crippen molar-refractivity contribution in [2.75, 3.05) is 0 Å². The lowest BCUT2D eigenvalue weighted by Crippen LogP contribution is -2.03. The van der Waals surface area contributed by atoms with Gasteiger partial charge in [0, 0.05) is 31.2 Å². The van der Waals surface area contributed by atoms with Gasteiger partial charge in [-0.05, 0) is 50.6 Å². The molecule has 27 heavy (non-hydrogen) atoms. The van der Waals surface area contributed by atoms with Crippen LogP contribution in [0, 0.1) is 6.92 Å². The van der Waals surface area contributed by atoms with Crippen molar-refractivity contribution in [1.29, 1.82) is 0 Å². The summed E-state index contributed by atoms with van der Waals surface area (Å²) in [5, 5.41) is 0. The van der Waals surface area contributed by atoms with E-state index < -0.39 is 6.43 Å². The zero-order valence-electron chi connectivity index (χ0n) is 15.4. The van der Waals surface area contributed by atoms with Crippen LogP contribution >= 0.6 is 0 Å². The molecule has 0 amide bonds. The van der Waals surface area contributed by atoms with Crippen LogP contribution in [0.25, 0.3) is 22.8 Å². The first kappa shape index (κ1) is 17.5. The van der Waals surface area contributed by atoms with Crippen LogP contribution in [0.3, 0.4) is 0 Å². The molecule has 4 rings (SSSR count). The summed E-state index contributed by atoms with van der Waals surface area (Å²) in [6.45, 7) is 6.25. The predicted octanol–water partition coefficient (Wildman–Crippen LogP) is 5.23. The highest BCUT2D eigenvalue weighted by Gasteiger charge is 2.19. The Morgan fingerprint density at radius 2 is 2.04 bits per heavy atom. The molecule has 3 heterocycles. The highest BCUT2D eigenvalue weighted by molar-refractivity contribution is 5.87. The van der Waals surface area contributed by atoms with Gasteiger partial charge in [0.25, 0.3) is 6.43 Å². The highest BCUT2D eigenvalue weighted by Crippen LogP contribution is 2.33. The van der Waals surface area contributed by atoms with Crippen LogP contribution in [-0.2, 0) is 6.42 Å².